The Balaban J connectivity index is 2.76. The fourth-order valence-corrected chi connectivity index (χ4v) is 4.05. The van der Waals surface area contributed by atoms with E-state index in [0.717, 1.165) is 18.4 Å². The summed E-state index contributed by atoms with van der Waals surface area (Å²) in [5, 5.41) is 2.91. The number of nitrogens with one attached hydrogen (secondary N) is 1. The van der Waals surface area contributed by atoms with Crippen molar-refractivity contribution in [1.29, 1.82) is 0 Å². The van der Waals surface area contributed by atoms with Gasteiger partial charge in [0.25, 0.3) is 0 Å². The van der Waals surface area contributed by atoms with Crippen molar-refractivity contribution in [2.24, 2.45) is 5.92 Å². The van der Waals surface area contributed by atoms with Crippen LogP contribution in [0.15, 0.2) is 24.3 Å². The van der Waals surface area contributed by atoms with Crippen molar-refractivity contribution in [3.8, 4) is 0 Å². The summed E-state index contributed by atoms with van der Waals surface area (Å²) >= 11 is 0. The molecule has 1 N–H and O–H groups in total. The maximum Gasteiger partial charge on any atom is 0.235 e. The number of carbonyl (C=O) groups excluding carboxylic acids is 1. The van der Waals surface area contributed by atoms with Gasteiger partial charge in [0.15, 0.2) is 9.84 Å². The molecule has 1 aromatic rings. The number of benzene rings is 1. The second-order valence-corrected chi connectivity index (χ2v) is 9.59. The Morgan fingerprint density at radius 1 is 1.00 bits per heavy atom. The first kappa shape index (κ1) is 21.7. The van der Waals surface area contributed by atoms with Gasteiger partial charge in [-0.15, -0.1) is 0 Å². The van der Waals surface area contributed by atoms with Crippen LogP contribution in [0.2, 0.25) is 0 Å². The SMILES string of the molecule is CCCCCS(=O)(=O)CC(=O)NC(c1ccc(C(C)C)cc1)C(C)C. The summed E-state index contributed by atoms with van der Waals surface area (Å²) in [4.78, 5) is 12.3. The molecule has 25 heavy (non-hydrogen) atoms. The molecule has 0 aliphatic rings. The average molecular weight is 368 g/mol. The first-order chi connectivity index (χ1) is 11.7. The van der Waals surface area contributed by atoms with Gasteiger partial charge in [-0.2, -0.15) is 0 Å². The van der Waals surface area contributed by atoms with Crippen molar-refractivity contribution in [2.75, 3.05) is 11.5 Å². The van der Waals surface area contributed by atoms with E-state index in [9.17, 15) is 13.2 Å². The van der Waals surface area contributed by atoms with Crippen LogP contribution < -0.4 is 5.32 Å². The molecule has 0 heterocycles. The second-order valence-electron chi connectivity index (χ2n) is 7.41. The molecule has 0 fully saturated rings. The van der Waals surface area contributed by atoms with Gasteiger partial charge in [0, 0.05) is 0 Å². The summed E-state index contributed by atoms with van der Waals surface area (Å²) in [5.74, 6) is -0.123. The molecule has 0 bridgehead atoms. The molecule has 0 aliphatic carbocycles. The number of hydrogen-bond acceptors (Lipinski definition) is 3. The number of rotatable bonds is 10. The van der Waals surface area contributed by atoms with Gasteiger partial charge in [0.05, 0.1) is 11.8 Å². The standard InChI is InChI=1S/C20H33NO3S/c1-6-7-8-13-25(23,24)14-19(22)21-20(16(4)5)18-11-9-17(10-12-18)15(2)3/h9-12,15-16,20H,6-8,13-14H2,1-5H3,(H,21,22). The molecule has 0 aliphatic heterocycles. The predicted molar refractivity (Wildman–Crippen MR) is 104 cm³/mol. The molecule has 0 aromatic heterocycles. The van der Waals surface area contributed by atoms with E-state index in [2.05, 4.69) is 31.3 Å². The van der Waals surface area contributed by atoms with Crippen LogP contribution in [0.3, 0.4) is 0 Å². The quantitative estimate of drug-likeness (QED) is 0.630. The minimum atomic E-state index is -3.34. The summed E-state index contributed by atoms with van der Waals surface area (Å²) in [6.45, 7) is 10.4. The molecule has 1 amide bonds. The third-order valence-electron chi connectivity index (χ3n) is 4.36. The zero-order valence-electron chi connectivity index (χ0n) is 16.2. The minimum Gasteiger partial charge on any atom is -0.348 e. The average Bonchev–Trinajstić information content (AvgIpc) is 2.52. The highest BCUT2D eigenvalue weighted by Crippen LogP contribution is 2.24. The molecule has 5 heteroatoms. The Morgan fingerprint density at radius 3 is 2.04 bits per heavy atom. The van der Waals surface area contributed by atoms with Gasteiger partial charge in [-0.25, -0.2) is 8.42 Å². The number of carbonyl (C=O) groups is 1. The van der Waals surface area contributed by atoms with E-state index in [1.807, 2.05) is 32.9 Å². The van der Waals surface area contributed by atoms with Crippen molar-refractivity contribution in [2.45, 2.75) is 65.8 Å². The zero-order chi connectivity index (χ0) is 19.0. The first-order valence-corrected chi connectivity index (χ1v) is 11.1. The number of hydrogen-bond donors (Lipinski definition) is 1. The summed E-state index contributed by atoms with van der Waals surface area (Å²) in [6.07, 6.45) is 2.46. The lowest BCUT2D eigenvalue weighted by Crippen LogP contribution is -2.36. The maximum absolute atomic E-state index is 12.3. The zero-order valence-corrected chi connectivity index (χ0v) is 17.0. The van der Waals surface area contributed by atoms with E-state index in [1.165, 1.54) is 5.56 Å². The van der Waals surface area contributed by atoms with E-state index in [4.69, 9.17) is 0 Å². The smallest absolute Gasteiger partial charge is 0.235 e. The predicted octanol–water partition coefficient (Wildman–Crippen LogP) is 4.23. The molecule has 0 saturated carbocycles. The van der Waals surface area contributed by atoms with Crippen molar-refractivity contribution in [3.63, 3.8) is 0 Å². The van der Waals surface area contributed by atoms with E-state index in [0.29, 0.717) is 12.3 Å². The van der Waals surface area contributed by atoms with Crippen LogP contribution in [0.5, 0.6) is 0 Å². The third kappa shape index (κ3) is 7.59. The van der Waals surface area contributed by atoms with Gasteiger partial charge in [-0.05, 0) is 29.4 Å². The Hall–Kier alpha value is -1.36. The lowest BCUT2D eigenvalue weighted by molar-refractivity contribution is -0.119. The molecular weight excluding hydrogens is 334 g/mol. The van der Waals surface area contributed by atoms with Gasteiger partial charge < -0.3 is 5.32 Å². The molecule has 1 rings (SSSR count). The van der Waals surface area contributed by atoms with Crippen molar-refractivity contribution in [1.82, 2.24) is 5.32 Å². The summed E-state index contributed by atoms with van der Waals surface area (Å²) in [7, 11) is -3.34. The van der Waals surface area contributed by atoms with Gasteiger partial charge in [0.1, 0.15) is 5.75 Å². The minimum absolute atomic E-state index is 0.0870. The normalized spacial score (nSPS) is 13.2. The second kappa shape index (κ2) is 9.95. The van der Waals surface area contributed by atoms with E-state index < -0.39 is 21.5 Å². The lowest BCUT2D eigenvalue weighted by Gasteiger charge is -2.23. The highest BCUT2D eigenvalue weighted by atomic mass is 32.2. The molecule has 142 valence electrons. The molecule has 1 unspecified atom stereocenters. The van der Waals surface area contributed by atoms with Crippen LogP contribution >= 0.6 is 0 Å². The van der Waals surface area contributed by atoms with Gasteiger partial charge in [0.2, 0.25) is 5.91 Å². The summed E-state index contributed by atoms with van der Waals surface area (Å²) in [5.41, 5.74) is 2.26. The summed E-state index contributed by atoms with van der Waals surface area (Å²) < 4.78 is 24.1. The third-order valence-corrected chi connectivity index (χ3v) is 5.97. The highest BCUT2D eigenvalue weighted by molar-refractivity contribution is 7.92. The molecule has 0 saturated heterocycles. The fraction of sp³-hybridized carbons (Fsp3) is 0.650. The highest BCUT2D eigenvalue weighted by Gasteiger charge is 2.22. The number of amides is 1. The van der Waals surface area contributed by atoms with Gasteiger partial charge in [-0.1, -0.05) is 71.7 Å². The lowest BCUT2D eigenvalue weighted by atomic mass is 9.93. The van der Waals surface area contributed by atoms with Gasteiger partial charge in [-0.3, -0.25) is 4.79 Å². The number of unbranched alkanes of at least 4 members (excludes halogenated alkanes) is 2. The molecule has 1 atom stereocenters. The topological polar surface area (TPSA) is 63.2 Å². The first-order valence-electron chi connectivity index (χ1n) is 9.26. The molecule has 0 radical (unpaired) electrons. The van der Waals surface area contributed by atoms with Crippen LogP contribution in [0.25, 0.3) is 0 Å². The largest absolute Gasteiger partial charge is 0.348 e. The maximum atomic E-state index is 12.3. The van der Waals surface area contributed by atoms with Crippen LogP contribution in [-0.4, -0.2) is 25.8 Å². The van der Waals surface area contributed by atoms with Crippen molar-refractivity contribution < 1.29 is 13.2 Å². The van der Waals surface area contributed by atoms with E-state index in [-0.39, 0.29) is 17.7 Å². The molecule has 1 aromatic carbocycles. The van der Waals surface area contributed by atoms with Crippen LogP contribution in [0.1, 0.15) is 77.0 Å². The Kier molecular flexibility index (Phi) is 8.63. The fourth-order valence-electron chi connectivity index (χ4n) is 2.78. The molecule has 0 spiro atoms. The van der Waals surface area contributed by atoms with Crippen LogP contribution in [-0.2, 0) is 14.6 Å². The van der Waals surface area contributed by atoms with E-state index in [1.54, 1.807) is 0 Å². The Labute approximate surface area is 153 Å². The van der Waals surface area contributed by atoms with Crippen LogP contribution in [0.4, 0.5) is 0 Å². The Morgan fingerprint density at radius 2 is 1.56 bits per heavy atom. The Bertz CT molecular complexity index is 633. The number of sulfone groups is 1. The molecule has 4 nitrogen and oxygen atoms in total. The van der Waals surface area contributed by atoms with Crippen molar-refractivity contribution in [3.05, 3.63) is 35.4 Å². The monoisotopic (exact) mass is 367 g/mol. The van der Waals surface area contributed by atoms with Crippen LogP contribution in [0, 0.1) is 5.92 Å². The van der Waals surface area contributed by atoms with Crippen molar-refractivity contribution >= 4 is 15.7 Å². The van der Waals surface area contributed by atoms with Gasteiger partial charge >= 0.3 is 0 Å². The van der Waals surface area contributed by atoms with E-state index >= 15 is 0 Å². The summed E-state index contributed by atoms with van der Waals surface area (Å²) in [6, 6.07) is 8.01. The molecular formula is C20H33NO3S.